The lowest BCUT2D eigenvalue weighted by Crippen LogP contribution is -2.41. The first kappa shape index (κ1) is 23.9. The van der Waals surface area contributed by atoms with Crippen LogP contribution in [0.2, 0.25) is 0 Å². The predicted octanol–water partition coefficient (Wildman–Crippen LogP) is 2.09. The van der Waals surface area contributed by atoms with Gasteiger partial charge in [-0.1, -0.05) is 36.4 Å². The van der Waals surface area contributed by atoms with Gasteiger partial charge in [-0.2, -0.15) is 5.10 Å². The molecule has 0 unspecified atom stereocenters. The van der Waals surface area contributed by atoms with Gasteiger partial charge in [0.1, 0.15) is 37.4 Å². The van der Waals surface area contributed by atoms with E-state index in [9.17, 15) is 9.59 Å². The van der Waals surface area contributed by atoms with Gasteiger partial charge in [0.15, 0.2) is 0 Å². The molecule has 2 atom stereocenters. The molecule has 3 N–H and O–H groups in total. The quantitative estimate of drug-likeness (QED) is 0.274. The fourth-order valence-electron chi connectivity index (χ4n) is 4.27. The van der Waals surface area contributed by atoms with E-state index in [1.54, 1.807) is 4.90 Å². The first-order valence-corrected chi connectivity index (χ1v) is 11.3. The monoisotopic (exact) mass is 476 g/mol. The number of hydrogen-bond donors (Lipinski definition) is 2. The summed E-state index contributed by atoms with van der Waals surface area (Å²) in [6, 6.07) is 15.0. The Hall–Kier alpha value is -4.21. The average Bonchev–Trinajstić information content (AvgIpc) is 3.53. The lowest BCUT2D eigenvalue weighted by molar-refractivity contribution is -0.142. The number of ether oxygens (including phenoxy) is 2. The molecule has 2 aromatic carbocycles. The molecule has 2 heterocycles. The lowest BCUT2D eigenvalue weighted by Gasteiger charge is -2.24. The smallest absolute Gasteiger partial charge is 0.305 e. The minimum absolute atomic E-state index is 0.0103. The van der Waals surface area contributed by atoms with E-state index in [1.165, 1.54) is 24.4 Å². The van der Waals surface area contributed by atoms with E-state index in [2.05, 4.69) is 10.1 Å². The van der Waals surface area contributed by atoms with Crippen molar-refractivity contribution < 1.29 is 19.1 Å². The maximum atomic E-state index is 12.9. The molecule has 0 bridgehead atoms. The summed E-state index contributed by atoms with van der Waals surface area (Å²) in [7, 11) is 1.37. The van der Waals surface area contributed by atoms with Gasteiger partial charge in [0.05, 0.1) is 19.6 Å². The Morgan fingerprint density at radius 1 is 1.11 bits per heavy atom. The standard InChI is InChI=1S/C25H28N6O4/c1-34-24(33)11-17-10-21(31(12-17)23(32)13-30-16-28-15-29-30)14-35-22-8-6-19(7-9-22)18-2-4-20(5-3-18)25(26)27/h2-9,15-17,21H,10-14H2,1H3,(H3,26,27)/t17-,21-/m0/s1. The van der Waals surface area contributed by atoms with Gasteiger partial charge < -0.3 is 20.1 Å². The van der Waals surface area contributed by atoms with Crippen molar-refractivity contribution in [3.63, 3.8) is 0 Å². The predicted molar refractivity (Wildman–Crippen MR) is 129 cm³/mol. The van der Waals surface area contributed by atoms with Gasteiger partial charge in [0.2, 0.25) is 5.91 Å². The molecule has 1 saturated heterocycles. The van der Waals surface area contributed by atoms with E-state index >= 15 is 0 Å². The maximum absolute atomic E-state index is 12.9. The number of amides is 1. The van der Waals surface area contributed by atoms with E-state index < -0.39 is 0 Å². The number of nitrogens with one attached hydrogen (secondary N) is 1. The Kier molecular flexibility index (Phi) is 7.39. The number of aromatic nitrogens is 3. The summed E-state index contributed by atoms with van der Waals surface area (Å²) in [5.41, 5.74) is 8.22. The average molecular weight is 477 g/mol. The molecule has 1 amide bonds. The minimum Gasteiger partial charge on any atom is -0.491 e. The number of rotatable bonds is 9. The van der Waals surface area contributed by atoms with Crippen LogP contribution in [0.25, 0.3) is 11.1 Å². The van der Waals surface area contributed by atoms with Crippen molar-refractivity contribution in [1.82, 2.24) is 19.7 Å². The maximum Gasteiger partial charge on any atom is 0.305 e. The largest absolute Gasteiger partial charge is 0.491 e. The van der Waals surface area contributed by atoms with Crippen molar-refractivity contribution in [1.29, 1.82) is 5.41 Å². The fraction of sp³-hybridized carbons (Fsp3) is 0.320. The van der Waals surface area contributed by atoms with E-state index in [0.29, 0.717) is 30.9 Å². The van der Waals surface area contributed by atoms with Crippen LogP contribution in [-0.2, 0) is 20.9 Å². The summed E-state index contributed by atoms with van der Waals surface area (Å²) in [6.45, 7) is 0.859. The van der Waals surface area contributed by atoms with Gasteiger partial charge in [-0.3, -0.25) is 15.0 Å². The normalized spacial score (nSPS) is 17.2. The van der Waals surface area contributed by atoms with Gasteiger partial charge in [0, 0.05) is 12.1 Å². The molecule has 3 aromatic rings. The van der Waals surface area contributed by atoms with Gasteiger partial charge in [-0.25, -0.2) is 9.67 Å². The van der Waals surface area contributed by atoms with Crippen LogP contribution in [0.3, 0.4) is 0 Å². The third-order valence-corrected chi connectivity index (χ3v) is 6.09. The van der Waals surface area contributed by atoms with E-state index in [-0.39, 0.29) is 42.6 Å². The molecule has 10 nitrogen and oxygen atoms in total. The summed E-state index contributed by atoms with van der Waals surface area (Å²) in [5.74, 6) is 0.355. The molecule has 182 valence electrons. The SMILES string of the molecule is COC(=O)C[C@@H]1C[C@@H](COc2ccc(-c3ccc(C(=N)N)cc3)cc2)N(C(=O)Cn2cncn2)C1. The third-order valence-electron chi connectivity index (χ3n) is 6.09. The van der Waals surface area contributed by atoms with Crippen molar-refractivity contribution in [3.8, 4) is 16.9 Å². The van der Waals surface area contributed by atoms with E-state index in [1.807, 2.05) is 48.5 Å². The number of methoxy groups -OCH3 is 1. The number of likely N-dealkylation sites (tertiary alicyclic amines) is 1. The van der Waals surface area contributed by atoms with Crippen LogP contribution in [0.15, 0.2) is 61.2 Å². The van der Waals surface area contributed by atoms with Crippen LogP contribution in [0, 0.1) is 11.3 Å². The second-order valence-corrected chi connectivity index (χ2v) is 8.50. The van der Waals surface area contributed by atoms with Gasteiger partial charge in [0.25, 0.3) is 0 Å². The molecule has 0 aliphatic carbocycles. The van der Waals surface area contributed by atoms with Crippen LogP contribution >= 0.6 is 0 Å². The molecule has 10 heteroatoms. The zero-order valence-corrected chi connectivity index (χ0v) is 19.5. The van der Waals surface area contributed by atoms with Crippen LogP contribution in [-0.4, -0.2) is 63.7 Å². The van der Waals surface area contributed by atoms with Crippen molar-refractivity contribution in [3.05, 3.63) is 66.7 Å². The van der Waals surface area contributed by atoms with Crippen LogP contribution in [0.4, 0.5) is 0 Å². The van der Waals surface area contributed by atoms with Crippen LogP contribution in [0.5, 0.6) is 5.75 Å². The highest BCUT2D eigenvalue weighted by molar-refractivity contribution is 5.95. The second-order valence-electron chi connectivity index (χ2n) is 8.50. The van der Waals surface area contributed by atoms with Crippen LogP contribution in [0.1, 0.15) is 18.4 Å². The first-order valence-electron chi connectivity index (χ1n) is 11.3. The van der Waals surface area contributed by atoms with Crippen molar-refractivity contribution in [2.75, 3.05) is 20.3 Å². The van der Waals surface area contributed by atoms with Crippen molar-refractivity contribution in [2.45, 2.75) is 25.4 Å². The summed E-state index contributed by atoms with van der Waals surface area (Å²) in [6.07, 6.45) is 3.80. The van der Waals surface area contributed by atoms with E-state index in [4.69, 9.17) is 20.6 Å². The number of nitrogen functional groups attached to an aromatic ring is 1. The number of carbonyl (C=O) groups excluding carboxylic acids is 2. The Bertz CT molecular complexity index is 1160. The number of hydrogen-bond acceptors (Lipinski definition) is 7. The Balaban J connectivity index is 1.40. The highest BCUT2D eigenvalue weighted by Crippen LogP contribution is 2.28. The Morgan fingerprint density at radius 3 is 2.40 bits per heavy atom. The number of nitrogens with zero attached hydrogens (tertiary/aromatic N) is 4. The number of esters is 1. The highest BCUT2D eigenvalue weighted by Gasteiger charge is 2.36. The summed E-state index contributed by atoms with van der Waals surface area (Å²) in [4.78, 5) is 30.4. The lowest BCUT2D eigenvalue weighted by atomic mass is 10.0. The highest BCUT2D eigenvalue weighted by atomic mass is 16.5. The number of nitrogens with two attached hydrogens (primary N) is 1. The third kappa shape index (κ3) is 6.03. The molecular formula is C25H28N6O4. The van der Waals surface area contributed by atoms with Gasteiger partial charge in [-0.05, 0) is 35.6 Å². The number of amidine groups is 1. The molecule has 1 aliphatic rings. The molecule has 1 aliphatic heterocycles. The molecule has 4 rings (SSSR count). The summed E-state index contributed by atoms with van der Waals surface area (Å²) >= 11 is 0. The Morgan fingerprint density at radius 2 is 1.80 bits per heavy atom. The minimum atomic E-state index is -0.285. The van der Waals surface area contributed by atoms with E-state index in [0.717, 1.165) is 11.1 Å². The second kappa shape index (κ2) is 10.8. The fourth-order valence-corrected chi connectivity index (χ4v) is 4.27. The summed E-state index contributed by atoms with van der Waals surface area (Å²) in [5, 5.41) is 11.5. The number of carbonyl (C=O) groups is 2. The number of benzene rings is 2. The molecule has 0 radical (unpaired) electrons. The summed E-state index contributed by atoms with van der Waals surface area (Å²) < 4.78 is 12.3. The molecule has 0 spiro atoms. The first-order chi connectivity index (χ1) is 16.9. The zero-order chi connectivity index (χ0) is 24.8. The molecular weight excluding hydrogens is 448 g/mol. The van der Waals surface area contributed by atoms with Crippen molar-refractivity contribution >= 4 is 17.7 Å². The molecule has 1 aromatic heterocycles. The molecule has 0 saturated carbocycles. The Labute approximate surface area is 203 Å². The van der Waals surface area contributed by atoms with Crippen LogP contribution < -0.4 is 10.5 Å². The van der Waals surface area contributed by atoms with Crippen molar-refractivity contribution in [2.24, 2.45) is 11.7 Å². The zero-order valence-electron chi connectivity index (χ0n) is 19.5. The molecule has 35 heavy (non-hydrogen) atoms. The van der Waals surface area contributed by atoms with Gasteiger partial charge >= 0.3 is 5.97 Å². The molecule has 1 fully saturated rings. The van der Waals surface area contributed by atoms with Gasteiger partial charge in [-0.15, -0.1) is 0 Å². The topological polar surface area (TPSA) is 136 Å².